The molecular formula is C15H30IN7OS. The number of rotatable bonds is 8. The zero-order chi connectivity index (χ0) is 17.2. The van der Waals surface area contributed by atoms with Crippen molar-refractivity contribution in [3.05, 3.63) is 11.6 Å². The van der Waals surface area contributed by atoms with E-state index in [9.17, 15) is 0 Å². The molecule has 0 amide bonds. The molecular weight excluding hydrogens is 453 g/mol. The molecule has 0 radical (unpaired) electrons. The molecule has 1 aromatic rings. The van der Waals surface area contributed by atoms with E-state index >= 15 is 0 Å². The predicted octanol–water partition coefficient (Wildman–Crippen LogP) is 0.472. The van der Waals surface area contributed by atoms with Gasteiger partial charge in [-0.3, -0.25) is 4.90 Å². The van der Waals surface area contributed by atoms with E-state index in [1.165, 1.54) is 0 Å². The maximum absolute atomic E-state index is 5.38. The second-order valence-electron chi connectivity index (χ2n) is 5.69. The molecule has 2 rings (SSSR count). The molecule has 8 nitrogen and oxygen atoms in total. The number of hydrogen-bond donors (Lipinski definition) is 2. The van der Waals surface area contributed by atoms with Crippen LogP contribution in [0, 0.1) is 6.92 Å². The molecule has 0 aliphatic carbocycles. The first-order valence-corrected chi connectivity index (χ1v) is 9.76. The summed E-state index contributed by atoms with van der Waals surface area (Å²) in [5.41, 5.74) is 0. The molecule has 1 fully saturated rings. The van der Waals surface area contributed by atoms with E-state index in [1.807, 2.05) is 30.3 Å². The Morgan fingerprint density at radius 2 is 1.96 bits per heavy atom. The minimum absolute atomic E-state index is 0. The van der Waals surface area contributed by atoms with Crippen molar-refractivity contribution in [3.8, 4) is 0 Å². The molecule has 144 valence electrons. The summed E-state index contributed by atoms with van der Waals surface area (Å²) in [6.45, 7) is 8.89. The lowest BCUT2D eigenvalue weighted by Crippen LogP contribution is -2.44. The van der Waals surface area contributed by atoms with E-state index in [0.29, 0.717) is 6.54 Å². The Hall–Kier alpha value is -0.590. The van der Waals surface area contributed by atoms with Gasteiger partial charge in [-0.05, 0) is 13.2 Å². The maximum Gasteiger partial charge on any atom is 0.191 e. The zero-order valence-electron chi connectivity index (χ0n) is 15.3. The van der Waals surface area contributed by atoms with Crippen LogP contribution < -0.4 is 10.6 Å². The molecule has 0 unspecified atom stereocenters. The molecule has 1 aromatic heterocycles. The number of guanidine groups is 1. The summed E-state index contributed by atoms with van der Waals surface area (Å²) in [6.07, 6.45) is 2.10. The molecule has 10 heteroatoms. The molecule has 0 saturated carbocycles. The van der Waals surface area contributed by atoms with Gasteiger partial charge >= 0.3 is 0 Å². The first-order valence-electron chi connectivity index (χ1n) is 8.37. The molecule has 1 aliphatic heterocycles. The highest BCUT2D eigenvalue weighted by Crippen LogP contribution is 1.99. The summed E-state index contributed by atoms with van der Waals surface area (Å²) in [5, 5.41) is 15.0. The van der Waals surface area contributed by atoms with Gasteiger partial charge in [0.2, 0.25) is 0 Å². The highest BCUT2D eigenvalue weighted by atomic mass is 127. The maximum atomic E-state index is 5.38. The largest absolute Gasteiger partial charge is 0.379 e. The molecule has 1 saturated heterocycles. The number of halogens is 1. The summed E-state index contributed by atoms with van der Waals surface area (Å²) in [5.74, 6) is 3.65. The Balaban J connectivity index is 0.00000312. The topological polar surface area (TPSA) is 79.6 Å². The second-order valence-corrected chi connectivity index (χ2v) is 6.67. The summed E-state index contributed by atoms with van der Waals surface area (Å²) >= 11 is 1.82. The van der Waals surface area contributed by atoms with Gasteiger partial charge in [0.25, 0.3) is 0 Å². The Labute approximate surface area is 171 Å². The number of ether oxygens (including phenoxy) is 1. The fourth-order valence-electron chi connectivity index (χ4n) is 2.34. The van der Waals surface area contributed by atoms with Gasteiger partial charge in [-0.25, -0.2) is 4.99 Å². The summed E-state index contributed by atoms with van der Waals surface area (Å²) in [4.78, 5) is 7.05. The van der Waals surface area contributed by atoms with Crippen LogP contribution in [-0.2, 0) is 18.3 Å². The second kappa shape index (κ2) is 12.7. The number of aryl methyl sites for hydroxylation is 1. The van der Waals surface area contributed by atoms with Crippen molar-refractivity contribution in [2.45, 2.75) is 13.5 Å². The first-order chi connectivity index (χ1) is 11.7. The Bertz CT molecular complexity index is 520. The van der Waals surface area contributed by atoms with E-state index in [1.54, 1.807) is 0 Å². The lowest BCUT2D eigenvalue weighted by atomic mass is 10.4. The van der Waals surface area contributed by atoms with Crippen LogP contribution in [0.2, 0.25) is 0 Å². The van der Waals surface area contributed by atoms with Gasteiger partial charge in [0.15, 0.2) is 11.8 Å². The van der Waals surface area contributed by atoms with Crippen molar-refractivity contribution in [1.29, 1.82) is 0 Å². The van der Waals surface area contributed by atoms with E-state index in [0.717, 1.165) is 69.3 Å². The van der Waals surface area contributed by atoms with Gasteiger partial charge in [0.1, 0.15) is 12.4 Å². The van der Waals surface area contributed by atoms with Gasteiger partial charge in [0, 0.05) is 45.5 Å². The minimum atomic E-state index is 0. The third-order valence-corrected chi connectivity index (χ3v) is 4.60. The van der Waals surface area contributed by atoms with Crippen LogP contribution >= 0.6 is 35.7 Å². The lowest BCUT2D eigenvalue weighted by Gasteiger charge is -2.26. The molecule has 2 heterocycles. The number of aliphatic imine (C=N–C) groups is 1. The number of nitrogens with one attached hydrogen (secondary N) is 2. The van der Waals surface area contributed by atoms with Crippen LogP contribution in [0.15, 0.2) is 4.99 Å². The number of morpholine rings is 1. The van der Waals surface area contributed by atoms with Crippen LogP contribution in [0.4, 0.5) is 0 Å². The van der Waals surface area contributed by atoms with E-state index < -0.39 is 0 Å². The van der Waals surface area contributed by atoms with E-state index in [2.05, 4.69) is 37.0 Å². The molecule has 0 aromatic carbocycles. The molecule has 0 atom stereocenters. The Morgan fingerprint density at radius 3 is 2.60 bits per heavy atom. The van der Waals surface area contributed by atoms with Crippen LogP contribution in [-0.4, -0.2) is 83.6 Å². The van der Waals surface area contributed by atoms with Crippen molar-refractivity contribution in [2.24, 2.45) is 12.0 Å². The fraction of sp³-hybridized carbons (Fsp3) is 0.800. The quantitative estimate of drug-likeness (QED) is 0.241. The summed E-state index contributed by atoms with van der Waals surface area (Å²) in [6, 6.07) is 0. The van der Waals surface area contributed by atoms with Gasteiger partial charge < -0.3 is 19.9 Å². The van der Waals surface area contributed by atoms with Crippen molar-refractivity contribution < 1.29 is 4.74 Å². The highest BCUT2D eigenvalue weighted by Gasteiger charge is 2.10. The minimum Gasteiger partial charge on any atom is -0.379 e. The zero-order valence-corrected chi connectivity index (χ0v) is 18.5. The SMILES string of the molecule is CSCCNC(=NCc1nnc(C)n1C)NCCN1CCOCC1.I. The van der Waals surface area contributed by atoms with E-state index in [4.69, 9.17) is 4.74 Å². The highest BCUT2D eigenvalue weighted by molar-refractivity contribution is 14.0. The molecule has 0 bridgehead atoms. The number of aromatic nitrogens is 3. The van der Waals surface area contributed by atoms with Crippen LogP contribution in [0.3, 0.4) is 0 Å². The third kappa shape index (κ3) is 8.09. The average molecular weight is 483 g/mol. The van der Waals surface area contributed by atoms with Gasteiger partial charge in [0.05, 0.1) is 13.2 Å². The Morgan fingerprint density at radius 1 is 1.24 bits per heavy atom. The first kappa shape index (κ1) is 22.5. The van der Waals surface area contributed by atoms with Gasteiger partial charge in [-0.2, -0.15) is 11.8 Å². The number of nitrogens with zero attached hydrogens (tertiary/aromatic N) is 5. The van der Waals surface area contributed by atoms with Gasteiger partial charge in [-0.1, -0.05) is 0 Å². The predicted molar refractivity (Wildman–Crippen MR) is 114 cm³/mol. The number of hydrogen-bond acceptors (Lipinski definition) is 6. The third-order valence-electron chi connectivity index (χ3n) is 3.98. The average Bonchev–Trinajstić information content (AvgIpc) is 2.92. The summed E-state index contributed by atoms with van der Waals surface area (Å²) in [7, 11) is 1.97. The molecule has 1 aliphatic rings. The van der Waals surface area contributed by atoms with Crippen molar-refractivity contribution >= 4 is 41.7 Å². The molecule has 0 spiro atoms. The van der Waals surface area contributed by atoms with Crippen LogP contribution in [0.25, 0.3) is 0 Å². The standard InChI is InChI=1S/C15H29N7OS.HI/c1-13-19-20-14(21(13)2)12-18-15(17-5-11-24-3)16-4-6-22-7-9-23-10-8-22;/h4-12H2,1-3H3,(H2,16,17,18);1H. The smallest absolute Gasteiger partial charge is 0.191 e. The van der Waals surface area contributed by atoms with Crippen molar-refractivity contribution in [2.75, 3.05) is 57.9 Å². The molecule has 25 heavy (non-hydrogen) atoms. The molecule has 2 N–H and O–H groups in total. The van der Waals surface area contributed by atoms with E-state index in [-0.39, 0.29) is 24.0 Å². The van der Waals surface area contributed by atoms with Crippen molar-refractivity contribution in [1.82, 2.24) is 30.3 Å². The van der Waals surface area contributed by atoms with Crippen molar-refractivity contribution in [3.63, 3.8) is 0 Å². The normalized spacial score (nSPS) is 15.7. The number of thioether (sulfide) groups is 1. The fourth-order valence-corrected chi connectivity index (χ4v) is 2.65. The summed E-state index contributed by atoms with van der Waals surface area (Å²) < 4.78 is 7.35. The van der Waals surface area contributed by atoms with Crippen LogP contribution in [0.5, 0.6) is 0 Å². The lowest BCUT2D eigenvalue weighted by molar-refractivity contribution is 0.0389. The van der Waals surface area contributed by atoms with Crippen LogP contribution in [0.1, 0.15) is 11.6 Å². The Kier molecular flexibility index (Phi) is 11.4. The monoisotopic (exact) mass is 483 g/mol. The van der Waals surface area contributed by atoms with Gasteiger partial charge in [-0.15, -0.1) is 34.2 Å².